The molecular weight excluding hydrogens is 342 g/mol. The molecule has 0 aromatic heterocycles. The van der Waals surface area contributed by atoms with Gasteiger partial charge in [-0.1, -0.05) is 39.0 Å². The number of ketones is 1. The highest BCUT2D eigenvalue weighted by molar-refractivity contribution is 6.74. The molecule has 3 rings (SSSR count). The van der Waals surface area contributed by atoms with Crippen LogP contribution in [-0.4, -0.2) is 30.9 Å². The van der Waals surface area contributed by atoms with Gasteiger partial charge in [0.2, 0.25) is 0 Å². The molecule has 2 saturated carbocycles. The van der Waals surface area contributed by atoms with E-state index in [1.165, 1.54) is 0 Å². The highest BCUT2D eigenvalue weighted by Gasteiger charge is 2.56. The summed E-state index contributed by atoms with van der Waals surface area (Å²) in [5.74, 6) is 0.209. The maximum atomic E-state index is 12.9. The average molecular weight is 374 g/mol. The minimum atomic E-state index is -2.01. The summed E-state index contributed by atoms with van der Waals surface area (Å²) in [6.45, 7) is 11.0. The molecule has 5 heteroatoms. The lowest BCUT2D eigenvalue weighted by Crippen LogP contribution is -2.45. The zero-order valence-electron chi connectivity index (χ0n) is 16.6. The van der Waals surface area contributed by atoms with Crippen molar-refractivity contribution in [2.45, 2.75) is 76.2 Å². The number of aliphatic hydroxyl groups is 1. The van der Waals surface area contributed by atoms with Gasteiger partial charge in [0.25, 0.3) is 0 Å². The number of aliphatic hydroxyl groups excluding tert-OH is 1. The maximum absolute atomic E-state index is 12.9. The zero-order valence-corrected chi connectivity index (χ0v) is 17.6. The SMILES string of the molecule is CC(C)(C)[Si](C)(C)OC1(/C(O)=C2\CCC(Nc3ccccc3)C2=O)CC1. The van der Waals surface area contributed by atoms with Crippen LogP contribution in [0, 0.1) is 0 Å². The van der Waals surface area contributed by atoms with Crippen LogP contribution >= 0.6 is 0 Å². The lowest BCUT2D eigenvalue weighted by atomic mass is 10.1. The lowest BCUT2D eigenvalue weighted by molar-refractivity contribution is -0.115. The number of carbonyl (C=O) groups is 1. The van der Waals surface area contributed by atoms with Gasteiger partial charge < -0.3 is 14.8 Å². The van der Waals surface area contributed by atoms with Gasteiger partial charge in [-0.05, 0) is 55.9 Å². The Morgan fingerprint density at radius 2 is 1.85 bits per heavy atom. The third-order valence-electron chi connectivity index (χ3n) is 6.09. The van der Waals surface area contributed by atoms with Crippen molar-refractivity contribution in [2.24, 2.45) is 0 Å². The van der Waals surface area contributed by atoms with Gasteiger partial charge in [-0.25, -0.2) is 0 Å². The number of para-hydroxylation sites is 1. The first kappa shape index (κ1) is 19.2. The van der Waals surface area contributed by atoms with Crippen LogP contribution in [0.5, 0.6) is 0 Å². The second kappa shape index (κ2) is 6.53. The first-order valence-corrected chi connectivity index (χ1v) is 12.5. The summed E-state index contributed by atoms with van der Waals surface area (Å²) in [7, 11) is -2.01. The van der Waals surface area contributed by atoms with Crippen molar-refractivity contribution >= 4 is 19.8 Å². The molecule has 142 valence electrons. The molecule has 0 aliphatic heterocycles. The Labute approximate surface area is 157 Å². The second-order valence-electron chi connectivity index (χ2n) is 9.15. The van der Waals surface area contributed by atoms with E-state index in [0.29, 0.717) is 18.4 Å². The van der Waals surface area contributed by atoms with Crippen molar-refractivity contribution in [2.75, 3.05) is 5.32 Å². The molecule has 0 spiro atoms. The van der Waals surface area contributed by atoms with Gasteiger partial charge in [0.1, 0.15) is 11.4 Å². The summed E-state index contributed by atoms with van der Waals surface area (Å²) in [6.07, 6.45) is 2.93. The van der Waals surface area contributed by atoms with Crippen molar-refractivity contribution in [3.8, 4) is 0 Å². The van der Waals surface area contributed by atoms with Crippen LogP contribution in [0.15, 0.2) is 41.7 Å². The van der Waals surface area contributed by atoms with Crippen LogP contribution in [0.3, 0.4) is 0 Å². The van der Waals surface area contributed by atoms with Crippen molar-refractivity contribution < 1.29 is 14.3 Å². The molecule has 1 atom stereocenters. The fourth-order valence-corrected chi connectivity index (χ4v) is 4.86. The Morgan fingerprint density at radius 1 is 1.23 bits per heavy atom. The largest absolute Gasteiger partial charge is 0.509 e. The molecule has 0 radical (unpaired) electrons. The van der Waals surface area contributed by atoms with Gasteiger partial charge in [-0.15, -0.1) is 0 Å². The molecule has 2 N–H and O–H groups in total. The Balaban J connectivity index is 1.77. The zero-order chi connectivity index (χ0) is 19.2. The highest BCUT2D eigenvalue weighted by atomic mass is 28.4. The fraction of sp³-hybridized carbons (Fsp3) is 0.571. The van der Waals surface area contributed by atoms with E-state index >= 15 is 0 Å². The number of nitrogens with one attached hydrogen (secondary N) is 1. The smallest absolute Gasteiger partial charge is 0.193 e. The molecule has 4 nitrogen and oxygen atoms in total. The Hall–Kier alpha value is -1.59. The molecule has 1 unspecified atom stereocenters. The average Bonchev–Trinajstić information content (AvgIpc) is 3.24. The molecule has 0 saturated heterocycles. The van der Waals surface area contributed by atoms with E-state index in [1.807, 2.05) is 30.3 Å². The van der Waals surface area contributed by atoms with Gasteiger partial charge in [-0.3, -0.25) is 4.79 Å². The minimum absolute atomic E-state index is 0.0106. The summed E-state index contributed by atoms with van der Waals surface area (Å²) < 4.78 is 6.54. The van der Waals surface area contributed by atoms with Crippen LogP contribution in [0.4, 0.5) is 5.69 Å². The number of rotatable bonds is 5. The van der Waals surface area contributed by atoms with Gasteiger partial charge in [0, 0.05) is 11.3 Å². The van der Waals surface area contributed by atoms with Gasteiger partial charge >= 0.3 is 0 Å². The number of benzene rings is 1. The van der Waals surface area contributed by atoms with Gasteiger partial charge in [0.15, 0.2) is 14.1 Å². The normalized spacial score (nSPS) is 24.5. The Kier molecular flexibility index (Phi) is 4.82. The van der Waals surface area contributed by atoms with Crippen LogP contribution in [0.1, 0.15) is 46.5 Å². The van der Waals surface area contributed by atoms with E-state index in [4.69, 9.17) is 4.43 Å². The molecule has 1 aromatic carbocycles. The van der Waals surface area contributed by atoms with Crippen molar-refractivity contribution in [3.05, 3.63) is 41.7 Å². The summed E-state index contributed by atoms with van der Waals surface area (Å²) in [5.41, 5.74) is 0.884. The monoisotopic (exact) mass is 373 g/mol. The molecule has 26 heavy (non-hydrogen) atoms. The molecule has 2 aliphatic carbocycles. The molecule has 2 aliphatic rings. The molecule has 0 bridgehead atoms. The first-order valence-electron chi connectivity index (χ1n) is 9.54. The number of anilines is 1. The predicted molar refractivity (Wildman–Crippen MR) is 108 cm³/mol. The Morgan fingerprint density at radius 3 is 2.38 bits per heavy atom. The highest BCUT2D eigenvalue weighted by Crippen LogP contribution is 2.52. The summed E-state index contributed by atoms with van der Waals surface area (Å²) in [5, 5.41) is 14.3. The van der Waals surface area contributed by atoms with Crippen LogP contribution in [-0.2, 0) is 9.22 Å². The number of carbonyl (C=O) groups excluding carboxylic acids is 1. The fourth-order valence-electron chi connectivity index (χ4n) is 3.28. The third-order valence-corrected chi connectivity index (χ3v) is 10.6. The van der Waals surface area contributed by atoms with Crippen LogP contribution in [0.25, 0.3) is 0 Å². The number of Topliss-reactive ketones (excluding diaryl/α,β-unsaturated/α-hetero) is 1. The van der Waals surface area contributed by atoms with E-state index in [2.05, 4.69) is 39.2 Å². The standard InChI is InChI=1S/C21H31NO3Si/c1-20(2,3)26(4,5)25-21(13-14-21)19(24)16-11-12-17(18(16)23)22-15-9-7-6-8-10-15/h6-10,17,22,24H,11-14H2,1-5H3/b19-16-. The third kappa shape index (κ3) is 3.60. The van der Waals surface area contributed by atoms with Crippen LogP contribution in [0.2, 0.25) is 18.1 Å². The van der Waals surface area contributed by atoms with Crippen molar-refractivity contribution in [3.63, 3.8) is 0 Å². The van der Waals surface area contributed by atoms with E-state index in [9.17, 15) is 9.90 Å². The van der Waals surface area contributed by atoms with Crippen molar-refractivity contribution in [1.29, 1.82) is 0 Å². The topological polar surface area (TPSA) is 58.6 Å². The molecular formula is C21H31NO3Si. The molecule has 2 fully saturated rings. The summed E-state index contributed by atoms with van der Waals surface area (Å²) in [4.78, 5) is 12.9. The van der Waals surface area contributed by atoms with E-state index in [1.54, 1.807) is 0 Å². The molecule has 1 aromatic rings. The van der Waals surface area contributed by atoms with Gasteiger partial charge in [-0.2, -0.15) is 0 Å². The molecule has 0 heterocycles. The van der Waals surface area contributed by atoms with Crippen LogP contribution < -0.4 is 5.32 Å². The number of hydrogen-bond acceptors (Lipinski definition) is 4. The minimum Gasteiger partial charge on any atom is -0.509 e. The summed E-state index contributed by atoms with van der Waals surface area (Å²) in [6, 6.07) is 9.49. The van der Waals surface area contributed by atoms with E-state index in [-0.39, 0.29) is 22.6 Å². The maximum Gasteiger partial charge on any atom is 0.193 e. The Bertz CT molecular complexity index is 715. The molecule has 0 amide bonds. The lowest BCUT2D eigenvalue weighted by Gasteiger charge is -2.39. The van der Waals surface area contributed by atoms with Gasteiger partial charge in [0.05, 0.1) is 6.04 Å². The quantitative estimate of drug-likeness (QED) is 0.423. The number of hydrogen-bond donors (Lipinski definition) is 2. The second-order valence-corrected chi connectivity index (χ2v) is 13.9. The predicted octanol–water partition coefficient (Wildman–Crippen LogP) is 5.20. The first-order chi connectivity index (χ1) is 12.1. The van der Waals surface area contributed by atoms with Crippen molar-refractivity contribution in [1.82, 2.24) is 0 Å². The van der Waals surface area contributed by atoms with E-state index < -0.39 is 13.9 Å². The summed E-state index contributed by atoms with van der Waals surface area (Å²) >= 11 is 0. The van der Waals surface area contributed by atoms with E-state index in [0.717, 1.165) is 18.5 Å².